The van der Waals surface area contributed by atoms with Crippen molar-refractivity contribution >= 4 is 11.9 Å². The van der Waals surface area contributed by atoms with Gasteiger partial charge < -0.3 is 9.80 Å². The lowest BCUT2D eigenvalue weighted by molar-refractivity contribution is 0.568. The monoisotopic (exact) mass is 402 g/mol. The SMILES string of the molecule is Cc1nc(N2CCCCC2)ncc1-c1cc(=O)[nH]c(N2CCc3ccccc3C2)n1. The summed E-state index contributed by atoms with van der Waals surface area (Å²) in [6.45, 7) is 5.54. The number of H-pyrrole nitrogens is 1. The molecule has 1 N–H and O–H groups in total. The van der Waals surface area contributed by atoms with E-state index in [9.17, 15) is 4.79 Å². The molecule has 0 radical (unpaired) electrons. The lowest BCUT2D eigenvalue weighted by Gasteiger charge is -2.29. The molecular weight excluding hydrogens is 376 g/mol. The van der Waals surface area contributed by atoms with Gasteiger partial charge in [-0.2, -0.15) is 0 Å². The summed E-state index contributed by atoms with van der Waals surface area (Å²) in [5, 5.41) is 0. The lowest BCUT2D eigenvalue weighted by Crippen LogP contribution is -2.33. The van der Waals surface area contributed by atoms with Gasteiger partial charge in [0, 0.05) is 44.0 Å². The number of fused-ring (bicyclic) bond motifs is 1. The zero-order valence-corrected chi connectivity index (χ0v) is 17.3. The molecule has 0 spiro atoms. The van der Waals surface area contributed by atoms with E-state index in [0.717, 1.165) is 49.8 Å². The first-order chi connectivity index (χ1) is 14.7. The molecule has 5 rings (SSSR count). The van der Waals surface area contributed by atoms with E-state index in [4.69, 9.17) is 9.97 Å². The fraction of sp³-hybridized carbons (Fsp3) is 0.391. The van der Waals surface area contributed by atoms with Crippen LogP contribution in [-0.4, -0.2) is 39.6 Å². The molecule has 2 aromatic heterocycles. The molecule has 0 unspecified atom stereocenters. The Labute approximate surface area is 175 Å². The van der Waals surface area contributed by atoms with Crippen molar-refractivity contribution in [2.45, 2.75) is 39.2 Å². The first-order valence-electron chi connectivity index (χ1n) is 10.7. The molecule has 2 aliphatic rings. The Morgan fingerprint density at radius 3 is 2.57 bits per heavy atom. The number of piperidine rings is 1. The molecule has 1 aromatic carbocycles. The minimum absolute atomic E-state index is 0.159. The quantitative estimate of drug-likeness (QED) is 0.725. The van der Waals surface area contributed by atoms with Crippen LogP contribution in [0.1, 0.15) is 36.1 Å². The molecule has 0 saturated carbocycles. The second-order valence-corrected chi connectivity index (χ2v) is 8.11. The summed E-state index contributed by atoms with van der Waals surface area (Å²) in [5.74, 6) is 1.38. The van der Waals surface area contributed by atoms with Gasteiger partial charge in [0.25, 0.3) is 5.56 Å². The van der Waals surface area contributed by atoms with Crippen molar-refractivity contribution in [3.05, 3.63) is 63.7 Å². The fourth-order valence-corrected chi connectivity index (χ4v) is 4.36. The van der Waals surface area contributed by atoms with Gasteiger partial charge in [-0.1, -0.05) is 24.3 Å². The summed E-state index contributed by atoms with van der Waals surface area (Å²) in [6, 6.07) is 9.98. The number of aryl methyl sites for hydroxylation is 1. The Bertz CT molecular complexity index is 1120. The number of aromatic nitrogens is 4. The van der Waals surface area contributed by atoms with Crippen LogP contribution < -0.4 is 15.4 Å². The molecule has 3 aromatic rings. The Morgan fingerprint density at radius 2 is 1.77 bits per heavy atom. The van der Waals surface area contributed by atoms with Gasteiger partial charge in [-0.15, -0.1) is 0 Å². The maximum absolute atomic E-state index is 12.4. The van der Waals surface area contributed by atoms with Crippen molar-refractivity contribution in [3.8, 4) is 11.3 Å². The van der Waals surface area contributed by atoms with Crippen molar-refractivity contribution in [2.24, 2.45) is 0 Å². The number of rotatable bonds is 3. The molecule has 154 valence electrons. The van der Waals surface area contributed by atoms with Gasteiger partial charge >= 0.3 is 0 Å². The summed E-state index contributed by atoms with van der Waals surface area (Å²) in [4.78, 5) is 33.8. The highest BCUT2D eigenvalue weighted by Crippen LogP contribution is 2.25. The standard InChI is InChI=1S/C23H26N6O/c1-16-19(14-24-22(25-16)28-10-5-2-6-11-28)20-13-21(30)27-23(26-20)29-12-9-17-7-3-4-8-18(17)15-29/h3-4,7-8,13-14H,2,5-6,9-12,15H2,1H3,(H,26,27,30). The first-order valence-corrected chi connectivity index (χ1v) is 10.7. The minimum atomic E-state index is -0.159. The largest absolute Gasteiger partial charge is 0.341 e. The van der Waals surface area contributed by atoms with Crippen LogP contribution in [-0.2, 0) is 13.0 Å². The van der Waals surface area contributed by atoms with Crippen LogP contribution >= 0.6 is 0 Å². The van der Waals surface area contributed by atoms with Gasteiger partial charge in [-0.3, -0.25) is 9.78 Å². The van der Waals surface area contributed by atoms with Crippen molar-refractivity contribution in [1.29, 1.82) is 0 Å². The number of anilines is 2. The maximum atomic E-state index is 12.4. The van der Waals surface area contributed by atoms with Crippen LogP contribution in [0.25, 0.3) is 11.3 Å². The van der Waals surface area contributed by atoms with Gasteiger partial charge in [0.2, 0.25) is 11.9 Å². The number of hydrogen-bond donors (Lipinski definition) is 1. The van der Waals surface area contributed by atoms with Crippen LogP contribution in [0.15, 0.2) is 41.3 Å². The van der Waals surface area contributed by atoms with Crippen LogP contribution in [0.5, 0.6) is 0 Å². The molecule has 4 heterocycles. The normalized spacial score (nSPS) is 16.4. The minimum Gasteiger partial charge on any atom is -0.341 e. The van der Waals surface area contributed by atoms with Crippen LogP contribution in [0.2, 0.25) is 0 Å². The number of nitrogens with one attached hydrogen (secondary N) is 1. The summed E-state index contributed by atoms with van der Waals surface area (Å²) >= 11 is 0. The third-order valence-corrected chi connectivity index (χ3v) is 6.04. The summed E-state index contributed by atoms with van der Waals surface area (Å²) < 4.78 is 0. The predicted octanol–water partition coefficient (Wildman–Crippen LogP) is 3.09. The molecule has 1 fully saturated rings. The second kappa shape index (κ2) is 7.89. The van der Waals surface area contributed by atoms with E-state index in [1.165, 1.54) is 36.5 Å². The van der Waals surface area contributed by atoms with Crippen molar-refractivity contribution < 1.29 is 0 Å². The van der Waals surface area contributed by atoms with Gasteiger partial charge in [-0.05, 0) is 43.7 Å². The summed E-state index contributed by atoms with van der Waals surface area (Å²) in [6.07, 6.45) is 6.39. The van der Waals surface area contributed by atoms with Crippen molar-refractivity contribution in [3.63, 3.8) is 0 Å². The van der Waals surface area contributed by atoms with Crippen LogP contribution in [0.4, 0.5) is 11.9 Å². The molecule has 30 heavy (non-hydrogen) atoms. The van der Waals surface area contributed by atoms with E-state index >= 15 is 0 Å². The maximum Gasteiger partial charge on any atom is 0.252 e. The third kappa shape index (κ3) is 3.67. The third-order valence-electron chi connectivity index (χ3n) is 6.04. The average Bonchev–Trinajstić information content (AvgIpc) is 2.79. The van der Waals surface area contributed by atoms with E-state index in [0.29, 0.717) is 11.6 Å². The highest BCUT2D eigenvalue weighted by molar-refractivity contribution is 5.62. The predicted molar refractivity (Wildman–Crippen MR) is 118 cm³/mol. The number of aromatic amines is 1. The molecule has 0 aliphatic carbocycles. The first kappa shape index (κ1) is 18.8. The number of nitrogens with zero attached hydrogens (tertiary/aromatic N) is 5. The number of benzene rings is 1. The van der Waals surface area contributed by atoms with Gasteiger partial charge in [0.05, 0.1) is 11.4 Å². The Balaban J connectivity index is 1.45. The van der Waals surface area contributed by atoms with Gasteiger partial charge in [0.1, 0.15) is 0 Å². The molecule has 0 amide bonds. The number of hydrogen-bond acceptors (Lipinski definition) is 6. The topological polar surface area (TPSA) is 78.0 Å². The fourth-order valence-electron chi connectivity index (χ4n) is 4.36. The van der Waals surface area contributed by atoms with Crippen LogP contribution in [0, 0.1) is 6.92 Å². The molecule has 2 aliphatic heterocycles. The smallest absolute Gasteiger partial charge is 0.252 e. The molecule has 7 nitrogen and oxygen atoms in total. The average molecular weight is 403 g/mol. The van der Waals surface area contributed by atoms with Gasteiger partial charge in [-0.25, -0.2) is 15.0 Å². The van der Waals surface area contributed by atoms with Crippen molar-refractivity contribution in [2.75, 3.05) is 29.4 Å². The summed E-state index contributed by atoms with van der Waals surface area (Å²) in [7, 11) is 0. The zero-order chi connectivity index (χ0) is 20.5. The van der Waals surface area contributed by atoms with Gasteiger partial charge in [0.15, 0.2) is 0 Å². The van der Waals surface area contributed by atoms with Crippen molar-refractivity contribution in [1.82, 2.24) is 19.9 Å². The molecule has 0 bridgehead atoms. The van der Waals surface area contributed by atoms with E-state index in [2.05, 4.69) is 44.0 Å². The molecule has 1 saturated heterocycles. The van der Waals surface area contributed by atoms with E-state index in [-0.39, 0.29) is 5.56 Å². The highest BCUT2D eigenvalue weighted by Gasteiger charge is 2.20. The Hall–Kier alpha value is -3.22. The van der Waals surface area contributed by atoms with E-state index in [1.807, 2.05) is 13.1 Å². The molecular formula is C23H26N6O. The lowest BCUT2D eigenvalue weighted by atomic mass is 10.0. The molecule has 7 heteroatoms. The zero-order valence-electron chi connectivity index (χ0n) is 17.3. The van der Waals surface area contributed by atoms with E-state index in [1.54, 1.807) is 0 Å². The molecule has 0 atom stereocenters. The second-order valence-electron chi connectivity index (χ2n) is 8.11. The Kier molecular flexibility index (Phi) is 4.94. The van der Waals surface area contributed by atoms with Crippen LogP contribution in [0.3, 0.4) is 0 Å². The van der Waals surface area contributed by atoms with E-state index < -0.39 is 0 Å². The highest BCUT2D eigenvalue weighted by atomic mass is 16.1. The summed E-state index contributed by atoms with van der Waals surface area (Å²) in [5.41, 5.74) is 4.76. The Morgan fingerprint density at radius 1 is 0.967 bits per heavy atom.